The summed E-state index contributed by atoms with van der Waals surface area (Å²) < 4.78 is 4.61. The Balaban J connectivity index is 3.22. The average Bonchev–Trinajstić information content (AvgIpc) is 2.31. The quantitative estimate of drug-likeness (QED) is 0.587. The second-order valence-electron chi connectivity index (χ2n) is 4.26. The molecule has 1 unspecified atom stereocenters. The van der Waals surface area contributed by atoms with Crippen LogP contribution in [0.15, 0.2) is 16.1 Å². The van der Waals surface area contributed by atoms with E-state index in [0.717, 1.165) is 0 Å². The minimum atomic E-state index is -0.682. The van der Waals surface area contributed by atoms with Crippen LogP contribution in [0.1, 0.15) is 20.3 Å². The molecule has 0 fully saturated rings. The number of aliphatic imine (C=N–C) groups is 1. The predicted octanol–water partition coefficient (Wildman–Crippen LogP) is 1.77. The van der Waals surface area contributed by atoms with E-state index in [0.29, 0.717) is 18.1 Å². The lowest BCUT2D eigenvalue weighted by Crippen LogP contribution is -2.31. The molecular formula is C12H13BrN2O3. The van der Waals surface area contributed by atoms with Crippen molar-refractivity contribution in [2.75, 3.05) is 7.11 Å². The molecule has 0 N–H and O–H groups in total. The van der Waals surface area contributed by atoms with Crippen LogP contribution < -0.4 is 0 Å². The second kappa shape index (κ2) is 5.91. The summed E-state index contributed by atoms with van der Waals surface area (Å²) in [7, 11) is 1.21. The van der Waals surface area contributed by atoms with E-state index in [2.05, 4.69) is 25.7 Å². The maximum absolute atomic E-state index is 11.7. The van der Waals surface area contributed by atoms with Crippen molar-refractivity contribution in [3.05, 3.63) is 11.1 Å². The Morgan fingerprint density at radius 3 is 2.67 bits per heavy atom. The first-order valence-corrected chi connectivity index (χ1v) is 6.32. The second-order valence-corrected chi connectivity index (χ2v) is 5.18. The van der Waals surface area contributed by atoms with E-state index in [1.807, 2.05) is 13.8 Å². The van der Waals surface area contributed by atoms with Crippen molar-refractivity contribution in [3.63, 3.8) is 0 Å². The molecule has 1 aliphatic heterocycles. The monoisotopic (exact) mass is 312 g/mol. The zero-order valence-electron chi connectivity index (χ0n) is 10.4. The summed E-state index contributed by atoms with van der Waals surface area (Å²) in [5.41, 5.74) is 0.335. The molecule has 0 saturated carbocycles. The molecule has 0 aromatic carbocycles. The average molecular weight is 313 g/mol. The van der Waals surface area contributed by atoms with Crippen molar-refractivity contribution in [1.29, 1.82) is 5.26 Å². The maximum atomic E-state index is 11.7. The largest absolute Gasteiger partial charge is 0.466 e. The predicted molar refractivity (Wildman–Crippen MR) is 69.3 cm³/mol. The minimum absolute atomic E-state index is 0.0376. The van der Waals surface area contributed by atoms with Gasteiger partial charge in [0, 0.05) is 5.71 Å². The summed E-state index contributed by atoms with van der Waals surface area (Å²) >= 11 is 3.31. The van der Waals surface area contributed by atoms with Gasteiger partial charge in [0.25, 0.3) is 5.91 Å². The van der Waals surface area contributed by atoms with Crippen LogP contribution >= 0.6 is 15.9 Å². The lowest BCUT2D eigenvalue weighted by molar-refractivity contribution is -0.136. The molecule has 1 aliphatic rings. The van der Waals surface area contributed by atoms with Crippen LogP contribution in [-0.2, 0) is 14.3 Å². The molecule has 6 heteroatoms. The fraction of sp³-hybridized carbons (Fsp3) is 0.500. The van der Waals surface area contributed by atoms with Gasteiger partial charge in [0.05, 0.1) is 17.5 Å². The Bertz CT molecular complexity index is 486. The zero-order chi connectivity index (χ0) is 13.9. The Morgan fingerprint density at radius 1 is 1.61 bits per heavy atom. The first-order valence-electron chi connectivity index (χ1n) is 5.40. The van der Waals surface area contributed by atoms with Crippen LogP contribution in [0.3, 0.4) is 0 Å². The van der Waals surface area contributed by atoms with Crippen molar-refractivity contribution in [3.8, 4) is 6.07 Å². The van der Waals surface area contributed by atoms with E-state index in [1.165, 1.54) is 7.11 Å². The summed E-state index contributed by atoms with van der Waals surface area (Å²) in [6.45, 7) is 3.96. The zero-order valence-corrected chi connectivity index (χ0v) is 11.9. The third kappa shape index (κ3) is 2.85. The van der Waals surface area contributed by atoms with Gasteiger partial charge in [0.15, 0.2) is 0 Å². The van der Waals surface area contributed by atoms with Crippen LogP contribution in [0.5, 0.6) is 0 Å². The molecule has 0 aromatic rings. The van der Waals surface area contributed by atoms with Gasteiger partial charge in [-0.05, 0) is 12.3 Å². The number of nitrogens with zero attached hydrogens (tertiary/aromatic N) is 2. The number of esters is 1. The molecule has 1 heterocycles. The molecule has 1 rings (SSSR count). The molecule has 96 valence electrons. The molecule has 5 nitrogen and oxygen atoms in total. The van der Waals surface area contributed by atoms with Gasteiger partial charge in [0.1, 0.15) is 11.6 Å². The first-order chi connectivity index (χ1) is 8.42. The third-order valence-electron chi connectivity index (χ3n) is 2.41. The third-order valence-corrected chi connectivity index (χ3v) is 3.40. The van der Waals surface area contributed by atoms with Crippen molar-refractivity contribution in [2.45, 2.75) is 25.1 Å². The SMILES string of the molecule is COC(=O)C1=C(C#N)C(=O)N=C(CC(C)C)C1Br. The summed E-state index contributed by atoms with van der Waals surface area (Å²) in [5, 5.41) is 8.94. The lowest BCUT2D eigenvalue weighted by Gasteiger charge is -2.21. The van der Waals surface area contributed by atoms with E-state index in [4.69, 9.17) is 5.26 Å². The van der Waals surface area contributed by atoms with Crippen LogP contribution in [-0.4, -0.2) is 29.5 Å². The Labute approximate surface area is 114 Å². The highest BCUT2D eigenvalue weighted by atomic mass is 79.9. The van der Waals surface area contributed by atoms with Crippen LogP contribution in [0.2, 0.25) is 0 Å². The van der Waals surface area contributed by atoms with Gasteiger partial charge in [-0.3, -0.25) is 4.79 Å². The number of hydrogen-bond acceptors (Lipinski definition) is 4. The number of rotatable bonds is 3. The number of amides is 1. The van der Waals surface area contributed by atoms with Crippen LogP contribution in [0, 0.1) is 17.2 Å². The number of ether oxygens (including phenoxy) is 1. The summed E-state index contributed by atoms with van der Waals surface area (Å²) in [4.78, 5) is 26.7. The molecule has 0 radical (unpaired) electrons. The smallest absolute Gasteiger partial charge is 0.336 e. The van der Waals surface area contributed by atoms with E-state index < -0.39 is 16.7 Å². The highest BCUT2D eigenvalue weighted by Gasteiger charge is 2.35. The molecule has 0 bridgehead atoms. The highest BCUT2D eigenvalue weighted by molar-refractivity contribution is 9.10. The Morgan fingerprint density at radius 2 is 2.22 bits per heavy atom. The molecule has 0 spiro atoms. The van der Waals surface area contributed by atoms with E-state index in [1.54, 1.807) is 6.07 Å². The first kappa shape index (κ1) is 14.6. The number of nitriles is 1. The van der Waals surface area contributed by atoms with Gasteiger partial charge in [0.2, 0.25) is 0 Å². The molecule has 0 saturated heterocycles. The summed E-state index contributed by atoms with van der Waals surface area (Å²) in [5.74, 6) is -1.07. The number of carbonyl (C=O) groups is 2. The van der Waals surface area contributed by atoms with Crippen molar-refractivity contribution in [1.82, 2.24) is 0 Å². The number of halogens is 1. The van der Waals surface area contributed by atoms with Gasteiger partial charge in [-0.2, -0.15) is 5.26 Å². The van der Waals surface area contributed by atoms with Crippen molar-refractivity contribution < 1.29 is 14.3 Å². The van der Waals surface area contributed by atoms with Gasteiger partial charge >= 0.3 is 5.97 Å². The minimum Gasteiger partial charge on any atom is -0.466 e. The number of carbonyl (C=O) groups excluding carboxylic acids is 2. The topological polar surface area (TPSA) is 79.5 Å². The highest BCUT2D eigenvalue weighted by Crippen LogP contribution is 2.27. The van der Waals surface area contributed by atoms with E-state index >= 15 is 0 Å². The van der Waals surface area contributed by atoms with Crippen LogP contribution in [0.25, 0.3) is 0 Å². The molecule has 1 amide bonds. The maximum Gasteiger partial charge on any atom is 0.336 e. The van der Waals surface area contributed by atoms with E-state index in [9.17, 15) is 9.59 Å². The van der Waals surface area contributed by atoms with Crippen molar-refractivity contribution >= 4 is 33.5 Å². The molecule has 1 atom stereocenters. The lowest BCUT2D eigenvalue weighted by atomic mass is 9.94. The van der Waals surface area contributed by atoms with Crippen molar-refractivity contribution in [2.24, 2.45) is 10.9 Å². The Hall–Kier alpha value is -1.48. The Kier molecular flexibility index (Phi) is 4.79. The van der Waals surface area contributed by atoms with Gasteiger partial charge in [-0.1, -0.05) is 29.8 Å². The summed E-state index contributed by atoms with van der Waals surface area (Å²) in [6, 6.07) is 1.72. The normalized spacial score (nSPS) is 19.7. The summed E-state index contributed by atoms with van der Waals surface area (Å²) in [6.07, 6.45) is 0.570. The number of hydrogen-bond donors (Lipinski definition) is 0. The molecular weight excluding hydrogens is 300 g/mol. The molecule has 18 heavy (non-hydrogen) atoms. The van der Waals surface area contributed by atoms with E-state index in [-0.39, 0.29) is 11.1 Å². The fourth-order valence-corrected chi connectivity index (χ4v) is 2.35. The number of methoxy groups -OCH3 is 1. The number of dihydropyridines is 1. The standard InChI is InChI=1S/C12H13BrN2O3/c1-6(2)4-8-10(13)9(12(17)18-3)7(5-14)11(16)15-8/h6,10H,4H2,1-3H3. The van der Waals surface area contributed by atoms with Crippen LogP contribution in [0.4, 0.5) is 0 Å². The molecule has 0 aromatic heterocycles. The fourth-order valence-electron chi connectivity index (χ4n) is 1.64. The number of alkyl halides is 1. The van der Waals surface area contributed by atoms with Gasteiger partial charge in [-0.25, -0.2) is 9.79 Å². The van der Waals surface area contributed by atoms with Gasteiger partial charge < -0.3 is 4.74 Å². The van der Waals surface area contributed by atoms with Gasteiger partial charge in [-0.15, -0.1) is 0 Å². The molecule has 0 aliphatic carbocycles.